The standard InChI is InChI=1S/C30H41N5O/c1-22(2)27(31)28(36)33-29-32-25-14-8-9-15-26(25)35(29)24-16-20-34(21-17-24)30(18-10-3-4-11-19-30)23-12-6-5-7-13-23/h5-9,12-15,22,24,27H,3-4,10-11,16-21,31H2,1-2H3,(H,32,33,36)/t27-/m1/s1. The van der Waals surface area contributed by atoms with Crippen LogP contribution in [0.1, 0.15) is 76.8 Å². The first-order valence-corrected chi connectivity index (χ1v) is 13.8. The first-order valence-electron chi connectivity index (χ1n) is 13.8. The van der Waals surface area contributed by atoms with Gasteiger partial charge in [0.2, 0.25) is 11.9 Å². The van der Waals surface area contributed by atoms with E-state index in [1.807, 2.05) is 26.0 Å². The Hall–Kier alpha value is -2.70. The zero-order valence-corrected chi connectivity index (χ0v) is 21.8. The molecule has 2 aromatic carbocycles. The molecular formula is C30H41N5O. The Balaban J connectivity index is 1.41. The molecule has 0 bridgehead atoms. The van der Waals surface area contributed by atoms with E-state index in [0.717, 1.165) is 37.0 Å². The Bertz CT molecular complexity index is 1150. The van der Waals surface area contributed by atoms with E-state index >= 15 is 0 Å². The van der Waals surface area contributed by atoms with Gasteiger partial charge in [-0.05, 0) is 49.3 Å². The minimum atomic E-state index is -0.555. The Morgan fingerprint density at radius 2 is 1.61 bits per heavy atom. The van der Waals surface area contributed by atoms with Crippen LogP contribution in [-0.4, -0.2) is 39.5 Å². The summed E-state index contributed by atoms with van der Waals surface area (Å²) >= 11 is 0. The first kappa shape index (κ1) is 25.0. The van der Waals surface area contributed by atoms with Crippen molar-refractivity contribution in [2.75, 3.05) is 18.4 Å². The van der Waals surface area contributed by atoms with Crippen LogP contribution in [-0.2, 0) is 10.3 Å². The van der Waals surface area contributed by atoms with E-state index in [4.69, 9.17) is 10.7 Å². The molecular weight excluding hydrogens is 446 g/mol. The van der Waals surface area contributed by atoms with Crippen LogP contribution in [0.4, 0.5) is 5.95 Å². The predicted octanol–water partition coefficient (Wildman–Crippen LogP) is 5.84. The number of rotatable bonds is 6. The number of nitrogens with zero attached hydrogens (tertiary/aromatic N) is 3. The number of likely N-dealkylation sites (tertiary alicyclic amines) is 1. The topological polar surface area (TPSA) is 76.2 Å². The van der Waals surface area contributed by atoms with Gasteiger partial charge in [-0.2, -0.15) is 0 Å². The zero-order chi connectivity index (χ0) is 25.1. The number of amides is 1. The monoisotopic (exact) mass is 487 g/mol. The van der Waals surface area contributed by atoms with E-state index in [-0.39, 0.29) is 23.4 Å². The van der Waals surface area contributed by atoms with Crippen LogP contribution in [0.15, 0.2) is 54.6 Å². The lowest BCUT2D eigenvalue weighted by molar-refractivity contribution is -0.118. The van der Waals surface area contributed by atoms with Gasteiger partial charge in [0.1, 0.15) is 0 Å². The minimum Gasteiger partial charge on any atom is -0.320 e. The summed E-state index contributed by atoms with van der Waals surface area (Å²) < 4.78 is 2.26. The number of fused-ring (bicyclic) bond motifs is 1. The van der Waals surface area contributed by atoms with Crippen molar-refractivity contribution in [1.29, 1.82) is 0 Å². The molecule has 5 rings (SSSR count). The maximum absolute atomic E-state index is 12.9. The van der Waals surface area contributed by atoms with Gasteiger partial charge >= 0.3 is 0 Å². The van der Waals surface area contributed by atoms with Crippen molar-refractivity contribution >= 4 is 22.9 Å². The van der Waals surface area contributed by atoms with Crippen LogP contribution >= 0.6 is 0 Å². The third-order valence-corrected chi connectivity index (χ3v) is 8.53. The van der Waals surface area contributed by atoms with Crippen LogP contribution in [0, 0.1) is 5.92 Å². The predicted molar refractivity (Wildman–Crippen MR) is 147 cm³/mol. The Morgan fingerprint density at radius 3 is 2.28 bits per heavy atom. The van der Waals surface area contributed by atoms with Crippen LogP contribution < -0.4 is 11.1 Å². The molecule has 0 unspecified atom stereocenters. The van der Waals surface area contributed by atoms with Gasteiger partial charge < -0.3 is 10.3 Å². The van der Waals surface area contributed by atoms with E-state index in [9.17, 15) is 4.79 Å². The van der Waals surface area contributed by atoms with Crippen molar-refractivity contribution in [1.82, 2.24) is 14.5 Å². The maximum atomic E-state index is 12.9. The molecule has 1 amide bonds. The molecule has 1 saturated carbocycles. The van der Waals surface area contributed by atoms with Gasteiger partial charge in [0.25, 0.3) is 0 Å². The molecule has 1 aromatic heterocycles. The van der Waals surface area contributed by atoms with E-state index in [2.05, 4.69) is 57.2 Å². The Morgan fingerprint density at radius 1 is 0.972 bits per heavy atom. The molecule has 6 heteroatoms. The molecule has 36 heavy (non-hydrogen) atoms. The summed E-state index contributed by atoms with van der Waals surface area (Å²) in [6.07, 6.45) is 9.83. The summed E-state index contributed by atoms with van der Waals surface area (Å²) in [5.41, 5.74) is 9.77. The SMILES string of the molecule is CC(C)[C@@H](N)C(=O)Nc1nc2ccccc2n1C1CCN(C2(c3ccccc3)CCCCCC2)CC1. The number of nitrogens with one attached hydrogen (secondary N) is 1. The maximum Gasteiger partial charge on any atom is 0.243 e. The number of aromatic nitrogens is 2. The van der Waals surface area contributed by atoms with E-state index in [1.165, 1.54) is 44.1 Å². The second-order valence-electron chi connectivity index (χ2n) is 11.1. The van der Waals surface area contributed by atoms with Crippen LogP contribution in [0.2, 0.25) is 0 Å². The fourth-order valence-electron chi connectivity index (χ4n) is 6.40. The van der Waals surface area contributed by atoms with Crippen molar-refractivity contribution in [2.24, 2.45) is 11.7 Å². The average Bonchev–Trinajstić information content (AvgIpc) is 3.08. The van der Waals surface area contributed by atoms with Gasteiger partial charge in [-0.3, -0.25) is 15.0 Å². The zero-order valence-electron chi connectivity index (χ0n) is 21.8. The quantitative estimate of drug-likeness (QED) is 0.428. The number of benzene rings is 2. The van der Waals surface area contributed by atoms with Gasteiger partial charge in [-0.25, -0.2) is 4.98 Å². The lowest BCUT2D eigenvalue weighted by Gasteiger charge is -2.48. The molecule has 1 aliphatic heterocycles. The average molecular weight is 488 g/mol. The molecule has 2 aliphatic rings. The number of carbonyl (C=O) groups excluding carboxylic acids is 1. The number of carbonyl (C=O) groups is 1. The lowest BCUT2D eigenvalue weighted by Crippen LogP contribution is -2.50. The summed E-state index contributed by atoms with van der Waals surface area (Å²) in [6.45, 7) is 6.04. The summed E-state index contributed by atoms with van der Waals surface area (Å²) in [5, 5.41) is 3.07. The number of nitrogens with two attached hydrogens (primary N) is 1. The number of hydrogen-bond acceptors (Lipinski definition) is 4. The van der Waals surface area contributed by atoms with Gasteiger partial charge in [-0.1, -0.05) is 82.0 Å². The van der Waals surface area contributed by atoms with Crippen molar-refractivity contribution in [3.05, 3.63) is 60.2 Å². The highest BCUT2D eigenvalue weighted by atomic mass is 16.2. The summed E-state index contributed by atoms with van der Waals surface area (Å²) in [5.74, 6) is 0.531. The van der Waals surface area contributed by atoms with Crippen molar-refractivity contribution in [3.63, 3.8) is 0 Å². The molecule has 0 radical (unpaired) electrons. The van der Waals surface area contributed by atoms with Crippen molar-refractivity contribution in [3.8, 4) is 0 Å². The number of hydrogen-bond donors (Lipinski definition) is 2. The summed E-state index contributed by atoms with van der Waals surface area (Å²) in [6, 6.07) is 19.1. The van der Waals surface area contributed by atoms with Gasteiger partial charge in [0.05, 0.1) is 17.1 Å². The third-order valence-electron chi connectivity index (χ3n) is 8.53. The molecule has 1 aliphatic carbocycles. The fraction of sp³-hybridized carbons (Fsp3) is 0.533. The molecule has 1 saturated heterocycles. The third kappa shape index (κ3) is 4.81. The first-order chi connectivity index (χ1) is 17.5. The normalized spacial score (nSPS) is 20.3. The molecule has 3 aromatic rings. The summed E-state index contributed by atoms with van der Waals surface area (Å²) in [7, 11) is 0. The number of para-hydroxylation sites is 2. The number of imidazole rings is 1. The van der Waals surface area contributed by atoms with Crippen LogP contribution in [0.5, 0.6) is 0 Å². The highest BCUT2D eigenvalue weighted by molar-refractivity contribution is 5.95. The lowest BCUT2D eigenvalue weighted by atomic mass is 9.79. The Kier molecular flexibility index (Phi) is 7.44. The number of piperidine rings is 1. The molecule has 0 spiro atoms. The van der Waals surface area contributed by atoms with E-state index in [0.29, 0.717) is 5.95 Å². The van der Waals surface area contributed by atoms with E-state index in [1.54, 1.807) is 0 Å². The molecule has 192 valence electrons. The second-order valence-corrected chi connectivity index (χ2v) is 11.1. The molecule has 2 fully saturated rings. The Labute approximate surface area is 215 Å². The smallest absolute Gasteiger partial charge is 0.243 e. The van der Waals surface area contributed by atoms with Gasteiger partial charge in [0, 0.05) is 24.7 Å². The largest absolute Gasteiger partial charge is 0.320 e. The van der Waals surface area contributed by atoms with Gasteiger partial charge in [-0.15, -0.1) is 0 Å². The van der Waals surface area contributed by atoms with Gasteiger partial charge in [0.15, 0.2) is 0 Å². The van der Waals surface area contributed by atoms with Crippen LogP contribution in [0.25, 0.3) is 11.0 Å². The fourth-order valence-corrected chi connectivity index (χ4v) is 6.40. The van der Waals surface area contributed by atoms with Crippen molar-refractivity contribution < 1.29 is 4.79 Å². The molecule has 3 N–H and O–H groups in total. The summed E-state index contributed by atoms with van der Waals surface area (Å²) in [4.78, 5) is 20.4. The molecule has 1 atom stereocenters. The highest BCUT2D eigenvalue weighted by Crippen LogP contribution is 2.44. The van der Waals surface area contributed by atoms with E-state index < -0.39 is 6.04 Å². The highest BCUT2D eigenvalue weighted by Gasteiger charge is 2.40. The van der Waals surface area contributed by atoms with Crippen molar-refractivity contribution in [2.45, 2.75) is 82.8 Å². The van der Waals surface area contributed by atoms with Crippen LogP contribution in [0.3, 0.4) is 0 Å². The number of anilines is 1. The molecule has 6 nitrogen and oxygen atoms in total. The second kappa shape index (κ2) is 10.7. The minimum absolute atomic E-state index is 0.0693. The molecule has 2 heterocycles.